The van der Waals surface area contributed by atoms with Gasteiger partial charge < -0.3 is 0 Å². The minimum absolute atomic E-state index is 0.0532. The van der Waals surface area contributed by atoms with Crippen molar-refractivity contribution in [1.82, 2.24) is 0 Å². The van der Waals surface area contributed by atoms with Crippen LogP contribution in [0.25, 0.3) is 0 Å². The van der Waals surface area contributed by atoms with Crippen molar-refractivity contribution < 1.29 is 8.42 Å². The molecule has 0 aromatic rings. The van der Waals surface area contributed by atoms with Crippen LogP contribution >= 0.6 is 0 Å². The Labute approximate surface area is 68.9 Å². The molecule has 0 N–H and O–H groups in total. The molecule has 1 aliphatic rings. The predicted molar refractivity (Wildman–Crippen MR) is 46.2 cm³/mol. The summed E-state index contributed by atoms with van der Waals surface area (Å²) >= 11 is 0. The van der Waals surface area contributed by atoms with Gasteiger partial charge in [0, 0.05) is 0 Å². The quantitative estimate of drug-likeness (QED) is 0.569. The van der Waals surface area contributed by atoms with Crippen LogP contribution in [0.1, 0.15) is 34.1 Å². The van der Waals surface area contributed by atoms with E-state index in [4.69, 9.17) is 0 Å². The Morgan fingerprint density at radius 3 is 1.82 bits per heavy atom. The molecule has 11 heavy (non-hydrogen) atoms. The van der Waals surface area contributed by atoms with Gasteiger partial charge in [-0.15, -0.1) is 0 Å². The first kappa shape index (κ1) is 9.04. The summed E-state index contributed by atoms with van der Waals surface area (Å²) in [5.74, 6) is 0. The highest BCUT2D eigenvalue weighted by atomic mass is 32.2. The molecule has 1 saturated heterocycles. The molecule has 0 bridgehead atoms. The highest BCUT2D eigenvalue weighted by Crippen LogP contribution is 2.46. The molecule has 0 amide bonds. The standard InChI is InChI=1S/C8H16O2S/c1-5-6-7(8(2,3)4)11(6,9)10/h6-7H,5H2,1-4H3. The number of hydrogen-bond donors (Lipinski definition) is 0. The SMILES string of the molecule is CCC1C(C(C)(C)C)S1(=O)=O. The topological polar surface area (TPSA) is 34.1 Å². The lowest BCUT2D eigenvalue weighted by Crippen LogP contribution is -2.16. The zero-order chi connectivity index (χ0) is 8.86. The third-order valence-electron chi connectivity index (χ3n) is 2.29. The fourth-order valence-corrected chi connectivity index (χ4v) is 4.79. The van der Waals surface area contributed by atoms with Crippen molar-refractivity contribution in [3.05, 3.63) is 0 Å². The Balaban J connectivity index is 2.84. The lowest BCUT2D eigenvalue weighted by Gasteiger charge is -2.14. The first-order chi connectivity index (χ1) is 4.81. The molecule has 2 nitrogen and oxygen atoms in total. The summed E-state index contributed by atoms with van der Waals surface area (Å²) in [7, 11) is -2.71. The summed E-state index contributed by atoms with van der Waals surface area (Å²) in [4.78, 5) is 0. The van der Waals surface area contributed by atoms with E-state index in [0.717, 1.165) is 6.42 Å². The molecule has 3 heteroatoms. The van der Waals surface area contributed by atoms with Gasteiger partial charge in [-0.3, -0.25) is 0 Å². The van der Waals surface area contributed by atoms with Gasteiger partial charge in [-0.25, -0.2) is 8.42 Å². The van der Waals surface area contributed by atoms with E-state index in [2.05, 4.69) is 0 Å². The van der Waals surface area contributed by atoms with E-state index in [0.29, 0.717) is 0 Å². The summed E-state index contributed by atoms with van der Waals surface area (Å²) in [5, 5.41) is -0.137. The molecular weight excluding hydrogens is 160 g/mol. The maximum Gasteiger partial charge on any atom is 0.159 e. The Hall–Kier alpha value is -0.0500. The first-order valence-electron chi connectivity index (χ1n) is 4.04. The molecule has 2 atom stereocenters. The van der Waals surface area contributed by atoms with Crippen molar-refractivity contribution in [2.24, 2.45) is 5.41 Å². The maximum absolute atomic E-state index is 11.3. The van der Waals surface area contributed by atoms with Crippen molar-refractivity contribution in [3.8, 4) is 0 Å². The molecule has 0 aromatic heterocycles. The van der Waals surface area contributed by atoms with Crippen LogP contribution in [0.4, 0.5) is 0 Å². The van der Waals surface area contributed by atoms with Crippen molar-refractivity contribution in [3.63, 3.8) is 0 Å². The van der Waals surface area contributed by atoms with Gasteiger partial charge in [-0.2, -0.15) is 0 Å². The lowest BCUT2D eigenvalue weighted by molar-refractivity contribution is 0.410. The van der Waals surface area contributed by atoms with E-state index in [1.54, 1.807) is 0 Å². The van der Waals surface area contributed by atoms with E-state index in [1.807, 2.05) is 27.7 Å². The molecule has 1 heterocycles. The van der Waals surface area contributed by atoms with Gasteiger partial charge in [0.1, 0.15) is 0 Å². The molecule has 1 aliphatic heterocycles. The minimum Gasteiger partial charge on any atom is -0.228 e. The van der Waals surface area contributed by atoms with Crippen molar-refractivity contribution >= 4 is 9.84 Å². The minimum atomic E-state index is -2.71. The van der Waals surface area contributed by atoms with Gasteiger partial charge in [-0.1, -0.05) is 27.7 Å². The molecule has 0 radical (unpaired) electrons. The van der Waals surface area contributed by atoms with Crippen molar-refractivity contribution in [2.75, 3.05) is 0 Å². The van der Waals surface area contributed by atoms with Crippen LogP contribution in [0, 0.1) is 5.41 Å². The Morgan fingerprint density at radius 1 is 1.27 bits per heavy atom. The third kappa shape index (κ3) is 1.31. The number of sulfone groups is 1. The van der Waals surface area contributed by atoms with E-state index in [-0.39, 0.29) is 15.9 Å². The second-order valence-corrected chi connectivity index (χ2v) is 6.61. The number of rotatable bonds is 1. The fourth-order valence-electron chi connectivity index (χ4n) is 1.82. The van der Waals surface area contributed by atoms with Crippen LogP contribution in [0.3, 0.4) is 0 Å². The fraction of sp³-hybridized carbons (Fsp3) is 1.00. The highest BCUT2D eigenvalue weighted by Gasteiger charge is 2.60. The zero-order valence-electron chi connectivity index (χ0n) is 7.59. The molecular formula is C8H16O2S. The van der Waals surface area contributed by atoms with Crippen LogP contribution in [0.15, 0.2) is 0 Å². The molecule has 0 aliphatic carbocycles. The van der Waals surface area contributed by atoms with Gasteiger partial charge in [0.2, 0.25) is 0 Å². The van der Waals surface area contributed by atoms with E-state index in [1.165, 1.54) is 0 Å². The molecule has 1 fully saturated rings. The normalized spacial score (nSPS) is 35.3. The lowest BCUT2D eigenvalue weighted by atomic mass is 9.90. The Morgan fingerprint density at radius 2 is 1.73 bits per heavy atom. The molecule has 66 valence electrons. The summed E-state index contributed by atoms with van der Waals surface area (Å²) in [6.45, 7) is 7.91. The summed E-state index contributed by atoms with van der Waals surface area (Å²) in [5.41, 5.74) is -0.0699. The second-order valence-electron chi connectivity index (χ2n) is 4.32. The van der Waals surface area contributed by atoms with Gasteiger partial charge >= 0.3 is 0 Å². The van der Waals surface area contributed by atoms with Crippen LogP contribution < -0.4 is 0 Å². The Bertz CT molecular complexity index is 246. The first-order valence-corrected chi connectivity index (χ1v) is 5.65. The summed E-state index contributed by atoms with van der Waals surface area (Å²) < 4.78 is 22.6. The summed E-state index contributed by atoms with van der Waals surface area (Å²) in [6, 6.07) is 0. The second kappa shape index (κ2) is 2.22. The van der Waals surface area contributed by atoms with E-state index in [9.17, 15) is 8.42 Å². The van der Waals surface area contributed by atoms with Crippen LogP contribution in [0.5, 0.6) is 0 Å². The van der Waals surface area contributed by atoms with Gasteiger partial charge in [0.15, 0.2) is 9.84 Å². The third-order valence-corrected chi connectivity index (χ3v) is 5.17. The zero-order valence-corrected chi connectivity index (χ0v) is 8.40. The molecule has 0 saturated carbocycles. The van der Waals surface area contributed by atoms with E-state index >= 15 is 0 Å². The van der Waals surface area contributed by atoms with Gasteiger partial charge in [-0.05, 0) is 11.8 Å². The van der Waals surface area contributed by atoms with Crippen molar-refractivity contribution in [2.45, 2.75) is 44.6 Å². The average Bonchev–Trinajstić information content (AvgIpc) is 2.31. The van der Waals surface area contributed by atoms with Crippen LogP contribution in [0.2, 0.25) is 0 Å². The monoisotopic (exact) mass is 176 g/mol. The maximum atomic E-state index is 11.3. The van der Waals surface area contributed by atoms with Gasteiger partial charge in [0.05, 0.1) is 10.5 Å². The van der Waals surface area contributed by atoms with E-state index < -0.39 is 9.84 Å². The highest BCUT2D eigenvalue weighted by molar-refractivity contribution is 8.00. The molecule has 0 aromatic carbocycles. The van der Waals surface area contributed by atoms with Crippen LogP contribution in [-0.4, -0.2) is 18.9 Å². The molecule has 1 rings (SSSR count). The molecule has 0 spiro atoms. The number of hydrogen-bond acceptors (Lipinski definition) is 2. The van der Waals surface area contributed by atoms with Gasteiger partial charge in [0.25, 0.3) is 0 Å². The largest absolute Gasteiger partial charge is 0.228 e. The smallest absolute Gasteiger partial charge is 0.159 e. The summed E-state index contributed by atoms with van der Waals surface area (Å²) in [6.07, 6.45) is 0.768. The molecule has 2 unspecified atom stereocenters. The average molecular weight is 176 g/mol. The predicted octanol–water partition coefficient (Wildman–Crippen LogP) is 1.61. The van der Waals surface area contributed by atoms with Crippen molar-refractivity contribution in [1.29, 1.82) is 0 Å². The Kier molecular flexibility index (Phi) is 1.82. The van der Waals surface area contributed by atoms with Crippen LogP contribution in [-0.2, 0) is 9.84 Å².